The number of hydrogen-bond donors (Lipinski definition) is 1. The second-order valence-corrected chi connectivity index (χ2v) is 7.51. The Kier molecular flexibility index (Phi) is 7.31. The third kappa shape index (κ3) is 5.00. The number of carbonyl (C=O) groups excluding carboxylic acids is 1. The van der Waals surface area contributed by atoms with Gasteiger partial charge in [0.2, 0.25) is 5.88 Å². The Hall–Kier alpha value is -3.18. The van der Waals surface area contributed by atoms with Gasteiger partial charge in [-0.2, -0.15) is 4.98 Å². The van der Waals surface area contributed by atoms with Crippen molar-refractivity contribution in [3.05, 3.63) is 79.4 Å². The minimum absolute atomic E-state index is 0.00941. The van der Waals surface area contributed by atoms with E-state index in [1.54, 1.807) is 6.92 Å². The van der Waals surface area contributed by atoms with Crippen LogP contribution in [0.1, 0.15) is 27.4 Å². The summed E-state index contributed by atoms with van der Waals surface area (Å²) in [6.07, 6.45) is 0.315. The maximum absolute atomic E-state index is 13.8. The van der Waals surface area contributed by atoms with E-state index in [0.29, 0.717) is 18.7 Å². The van der Waals surface area contributed by atoms with Gasteiger partial charge in [0.05, 0.1) is 17.9 Å². The van der Waals surface area contributed by atoms with Crippen LogP contribution in [0.4, 0.5) is 8.78 Å². The van der Waals surface area contributed by atoms with Crippen LogP contribution < -0.4 is 16.0 Å². The standard InChI is InChI=1S/C21H19BrF2N4O4/c1-11-26-20(32-10-12-3-4-13(23)9-15(12)24)18(22)21(30)28(11)17-6-5-14(19(25)29)16(27-17)7-8-31-2/h3-6,9H,7-8,10H2,1-2H3,(H2,25,29). The highest BCUT2D eigenvalue weighted by Crippen LogP contribution is 2.22. The van der Waals surface area contributed by atoms with E-state index in [0.717, 1.165) is 12.1 Å². The lowest BCUT2D eigenvalue weighted by Crippen LogP contribution is -2.26. The number of carbonyl (C=O) groups is 1. The Morgan fingerprint density at radius 2 is 1.97 bits per heavy atom. The summed E-state index contributed by atoms with van der Waals surface area (Å²) in [6.45, 7) is 1.62. The third-order valence-electron chi connectivity index (χ3n) is 4.54. The molecule has 168 valence electrons. The van der Waals surface area contributed by atoms with E-state index in [4.69, 9.17) is 15.2 Å². The number of rotatable bonds is 8. The summed E-state index contributed by atoms with van der Waals surface area (Å²) >= 11 is 3.17. The Bertz CT molecular complexity index is 1230. The molecule has 0 aliphatic rings. The van der Waals surface area contributed by atoms with Crippen LogP contribution in [0.2, 0.25) is 0 Å². The number of primary amides is 1. The molecule has 0 unspecified atom stereocenters. The molecule has 0 saturated heterocycles. The van der Waals surface area contributed by atoms with Crippen LogP contribution >= 0.6 is 15.9 Å². The molecule has 0 spiro atoms. The molecule has 0 radical (unpaired) electrons. The number of aryl methyl sites for hydroxylation is 1. The summed E-state index contributed by atoms with van der Waals surface area (Å²) in [7, 11) is 1.51. The van der Waals surface area contributed by atoms with E-state index < -0.39 is 23.1 Å². The molecule has 1 aromatic carbocycles. The van der Waals surface area contributed by atoms with Gasteiger partial charge in [-0.15, -0.1) is 0 Å². The van der Waals surface area contributed by atoms with Crippen LogP contribution in [-0.2, 0) is 17.8 Å². The molecule has 8 nitrogen and oxygen atoms in total. The number of methoxy groups -OCH3 is 1. The zero-order chi connectivity index (χ0) is 23.4. The number of pyridine rings is 1. The van der Waals surface area contributed by atoms with Crippen molar-refractivity contribution in [3.8, 4) is 11.7 Å². The molecule has 3 rings (SSSR count). The van der Waals surface area contributed by atoms with Crippen molar-refractivity contribution >= 4 is 21.8 Å². The number of hydrogen-bond acceptors (Lipinski definition) is 6. The Balaban J connectivity index is 1.96. The molecule has 0 atom stereocenters. The van der Waals surface area contributed by atoms with E-state index in [-0.39, 0.29) is 39.7 Å². The third-order valence-corrected chi connectivity index (χ3v) is 5.22. The molecule has 0 aliphatic heterocycles. The molecule has 0 aliphatic carbocycles. The van der Waals surface area contributed by atoms with E-state index in [9.17, 15) is 18.4 Å². The molecular weight excluding hydrogens is 490 g/mol. The summed E-state index contributed by atoms with van der Waals surface area (Å²) in [5, 5.41) is 0. The zero-order valence-electron chi connectivity index (χ0n) is 17.2. The van der Waals surface area contributed by atoms with Gasteiger partial charge in [0, 0.05) is 25.2 Å². The summed E-state index contributed by atoms with van der Waals surface area (Å²) in [5.74, 6) is -1.70. The van der Waals surface area contributed by atoms with Crippen molar-refractivity contribution < 1.29 is 23.0 Å². The second kappa shape index (κ2) is 9.96. The molecule has 1 amide bonds. The predicted octanol–water partition coefficient (Wildman–Crippen LogP) is 2.84. The molecular formula is C21H19BrF2N4O4. The highest BCUT2D eigenvalue weighted by atomic mass is 79.9. The number of amides is 1. The van der Waals surface area contributed by atoms with Gasteiger partial charge in [-0.05, 0) is 47.1 Å². The monoisotopic (exact) mass is 508 g/mol. The molecule has 2 aromatic heterocycles. The van der Waals surface area contributed by atoms with Gasteiger partial charge in [0.15, 0.2) is 0 Å². The topological polar surface area (TPSA) is 109 Å². The molecule has 0 bridgehead atoms. The number of nitrogens with two attached hydrogens (primary N) is 1. The van der Waals surface area contributed by atoms with Crippen LogP contribution in [0, 0.1) is 18.6 Å². The Morgan fingerprint density at radius 3 is 2.62 bits per heavy atom. The zero-order valence-corrected chi connectivity index (χ0v) is 18.8. The lowest BCUT2D eigenvalue weighted by molar-refractivity contribution is 0.0998. The van der Waals surface area contributed by atoms with Crippen molar-refractivity contribution in [1.82, 2.24) is 14.5 Å². The van der Waals surface area contributed by atoms with Crippen LogP contribution in [0.25, 0.3) is 5.82 Å². The van der Waals surface area contributed by atoms with Gasteiger partial charge in [-0.3, -0.25) is 9.59 Å². The molecule has 0 fully saturated rings. The first-order valence-corrected chi connectivity index (χ1v) is 10.2. The minimum atomic E-state index is -0.770. The summed E-state index contributed by atoms with van der Waals surface area (Å²) in [5.41, 5.74) is 5.60. The van der Waals surface area contributed by atoms with Gasteiger partial charge in [0.1, 0.15) is 34.4 Å². The van der Waals surface area contributed by atoms with Crippen molar-refractivity contribution in [2.24, 2.45) is 5.73 Å². The maximum atomic E-state index is 13.8. The number of halogens is 3. The number of aromatic nitrogens is 3. The SMILES string of the molecule is COCCc1nc(-n2c(C)nc(OCc3ccc(F)cc3F)c(Br)c2=O)ccc1C(N)=O. The summed E-state index contributed by atoms with van der Waals surface area (Å²) in [4.78, 5) is 33.3. The van der Waals surface area contributed by atoms with Crippen molar-refractivity contribution in [2.45, 2.75) is 20.0 Å². The molecule has 0 saturated carbocycles. The normalized spacial score (nSPS) is 10.9. The highest BCUT2D eigenvalue weighted by molar-refractivity contribution is 9.10. The maximum Gasteiger partial charge on any atom is 0.277 e. The quantitative estimate of drug-likeness (QED) is 0.501. The van der Waals surface area contributed by atoms with Gasteiger partial charge in [-0.25, -0.2) is 18.3 Å². The number of nitrogens with zero attached hydrogens (tertiary/aromatic N) is 3. The minimum Gasteiger partial charge on any atom is -0.472 e. The molecule has 2 heterocycles. The van der Waals surface area contributed by atoms with Crippen molar-refractivity contribution in [3.63, 3.8) is 0 Å². The fourth-order valence-electron chi connectivity index (χ4n) is 2.96. The average Bonchev–Trinajstić information content (AvgIpc) is 2.74. The Labute approximate surface area is 190 Å². The Morgan fingerprint density at radius 1 is 1.22 bits per heavy atom. The predicted molar refractivity (Wildman–Crippen MR) is 115 cm³/mol. The fourth-order valence-corrected chi connectivity index (χ4v) is 3.34. The van der Waals surface area contributed by atoms with Gasteiger partial charge in [0.25, 0.3) is 11.5 Å². The van der Waals surface area contributed by atoms with Gasteiger partial charge in [-0.1, -0.05) is 0 Å². The lowest BCUT2D eigenvalue weighted by atomic mass is 10.1. The van der Waals surface area contributed by atoms with Gasteiger partial charge < -0.3 is 15.2 Å². The van der Waals surface area contributed by atoms with Gasteiger partial charge >= 0.3 is 0 Å². The molecule has 2 N–H and O–H groups in total. The first kappa shape index (κ1) is 23.5. The van der Waals surface area contributed by atoms with Crippen LogP contribution in [0.5, 0.6) is 5.88 Å². The van der Waals surface area contributed by atoms with E-state index in [1.165, 1.54) is 29.9 Å². The highest BCUT2D eigenvalue weighted by Gasteiger charge is 2.18. The number of benzene rings is 1. The smallest absolute Gasteiger partial charge is 0.277 e. The summed E-state index contributed by atoms with van der Waals surface area (Å²) < 4.78 is 38.7. The molecule has 3 aromatic rings. The van der Waals surface area contributed by atoms with E-state index in [2.05, 4.69) is 25.9 Å². The first-order valence-electron chi connectivity index (χ1n) is 9.37. The molecule has 11 heteroatoms. The lowest BCUT2D eigenvalue weighted by Gasteiger charge is -2.14. The van der Waals surface area contributed by atoms with E-state index >= 15 is 0 Å². The molecule has 32 heavy (non-hydrogen) atoms. The second-order valence-electron chi connectivity index (χ2n) is 6.71. The average molecular weight is 509 g/mol. The van der Waals surface area contributed by atoms with Crippen LogP contribution in [0.3, 0.4) is 0 Å². The fraction of sp³-hybridized carbons (Fsp3) is 0.238. The first-order chi connectivity index (χ1) is 15.2. The van der Waals surface area contributed by atoms with Crippen molar-refractivity contribution in [2.75, 3.05) is 13.7 Å². The number of ether oxygens (including phenoxy) is 2. The summed E-state index contributed by atoms with van der Waals surface area (Å²) in [6, 6.07) is 6.06. The largest absolute Gasteiger partial charge is 0.472 e. The van der Waals surface area contributed by atoms with Crippen molar-refractivity contribution in [1.29, 1.82) is 0 Å². The van der Waals surface area contributed by atoms with Crippen LogP contribution in [0.15, 0.2) is 39.6 Å². The van der Waals surface area contributed by atoms with E-state index in [1.807, 2.05) is 0 Å². The van der Waals surface area contributed by atoms with Crippen LogP contribution in [-0.4, -0.2) is 34.2 Å².